The number of hydrogen-bond acceptors (Lipinski definition) is 2. The van der Waals surface area contributed by atoms with E-state index in [2.05, 4.69) is 0 Å². The van der Waals surface area contributed by atoms with Gasteiger partial charge in [0.1, 0.15) is 5.69 Å². The molecule has 0 radical (unpaired) electrons. The maximum atomic E-state index is 11.7. The Bertz CT molecular complexity index is 567. The second kappa shape index (κ2) is 4.37. The first-order valence-corrected chi connectivity index (χ1v) is 5.36. The van der Waals surface area contributed by atoms with Gasteiger partial charge in [0.05, 0.1) is 0 Å². The van der Waals surface area contributed by atoms with Crippen LogP contribution in [0.1, 0.15) is 16.1 Å². The highest BCUT2D eigenvalue weighted by atomic mass is 16.2. The molecule has 0 aliphatic heterocycles. The van der Waals surface area contributed by atoms with Crippen LogP contribution in [0, 0.1) is 6.92 Å². The Morgan fingerprint density at radius 2 is 1.88 bits per heavy atom. The van der Waals surface area contributed by atoms with Crippen molar-refractivity contribution in [2.24, 2.45) is 7.05 Å². The lowest BCUT2D eigenvalue weighted by Gasteiger charge is -2.04. The molecule has 1 heterocycles. The lowest BCUT2D eigenvalue weighted by molar-refractivity contribution is -0.104. The molecule has 0 unspecified atom stereocenters. The number of ketones is 1. The zero-order valence-corrected chi connectivity index (χ0v) is 9.81. The van der Waals surface area contributed by atoms with Crippen LogP contribution in [0.3, 0.4) is 0 Å². The number of benzene rings is 1. The summed E-state index contributed by atoms with van der Waals surface area (Å²) in [5.41, 5.74) is 3.23. The molecule has 0 saturated heterocycles. The number of rotatable bonds is 3. The molecule has 0 spiro atoms. The van der Waals surface area contributed by atoms with Gasteiger partial charge in [-0.05, 0) is 18.1 Å². The number of nitrogens with zero attached hydrogens (tertiary/aromatic N) is 1. The third kappa shape index (κ3) is 1.91. The summed E-state index contributed by atoms with van der Waals surface area (Å²) >= 11 is 0. The molecule has 0 N–H and O–H groups in total. The summed E-state index contributed by atoms with van der Waals surface area (Å²) in [5.74, 6) is -0.487. The largest absolute Gasteiger partial charge is 0.347 e. The molecule has 1 aromatic carbocycles. The van der Waals surface area contributed by atoms with Crippen molar-refractivity contribution in [3.63, 3.8) is 0 Å². The van der Waals surface area contributed by atoms with Gasteiger partial charge in [0.2, 0.25) is 5.78 Å². The molecule has 0 amide bonds. The Balaban J connectivity index is 2.69. The van der Waals surface area contributed by atoms with Crippen molar-refractivity contribution < 1.29 is 9.59 Å². The van der Waals surface area contributed by atoms with Gasteiger partial charge in [-0.2, -0.15) is 0 Å². The molecule has 0 atom stereocenters. The Labute approximate surface area is 99.7 Å². The smallest absolute Gasteiger partial charge is 0.242 e. The first-order valence-electron chi connectivity index (χ1n) is 5.36. The monoisotopic (exact) mass is 227 g/mol. The molecule has 0 aliphatic carbocycles. The second-order valence-electron chi connectivity index (χ2n) is 3.99. The van der Waals surface area contributed by atoms with Crippen LogP contribution in [-0.4, -0.2) is 16.6 Å². The number of hydrogen-bond donors (Lipinski definition) is 0. The van der Waals surface area contributed by atoms with Crippen LogP contribution >= 0.6 is 0 Å². The number of carbonyl (C=O) groups excluding carboxylic acids is 2. The maximum absolute atomic E-state index is 11.7. The summed E-state index contributed by atoms with van der Waals surface area (Å²) in [4.78, 5) is 22.3. The van der Waals surface area contributed by atoms with Gasteiger partial charge in [-0.15, -0.1) is 0 Å². The zero-order chi connectivity index (χ0) is 12.4. The second-order valence-corrected chi connectivity index (χ2v) is 3.99. The van der Waals surface area contributed by atoms with Gasteiger partial charge in [-0.25, -0.2) is 0 Å². The fourth-order valence-electron chi connectivity index (χ4n) is 2.10. The van der Waals surface area contributed by atoms with Crippen molar-refractivity contribution in [3.8, 4) is 11.1 Å². The summed E-state index contributed by atoms with van der Waals surface area (Å²) in [6.07, 6.45) is 2.22. The summed E-state index contributed by atoms with van der Waals surface area (Å²) in [5, 5.41) is 0. The maximum Gasteiger partial charge on any atom is 0.242 e. The number of aldehydes is 1. The van der Waals surface area contributed by atoms with Gasteiger partial charge in [0, 0.05) is 18.8 Å². The number of aryl methyl sites for hydroxylation is 2. The number of Topliss-reactive ketones (excluding diaryl/α,β-unsaturated/α-hetero) is 1. The van der Waals surface area contributed by atoms with Crippen LogP contribution in [0.2, 0.25) is 0 Å². The van der Waals surface area contributed by atoms with Crippen LogP contribution in [0.4, 0.5) is 0 Å². The normalized spacial score (nSPS) is 10.2. The summed E-state index contributed by atoms with van der Waals surface area (Å²) in [6, 6.07) is 9.62. The van der Waals surface area contributed by atoms with Crippen LogP contribution in [0.25, 0.3) is 11.1 Å². The fraction of sp³-hybridized carbons (Fsp3) is 0.143. The summed E-state index contributed by atoms with van der Waals surface area (Å²) in [7, 11) is 1.77. The van der Waals surface area contributed by atoms with Crippen molar-refractivity contribution in [1.29, 1.82) is 0 Å². The Kier molecular flexibility index (Phi) is 2.91. The van der Waals surface area contributed by atoms with E-state index in [4.69, 9.17) is 0 Å². The van der Waals surface area contributed by atoms with Gasteiger partial charge in [-0.3, -0.25) is 9.59 Å². The highest BCUT2D eigenvalue weighted by Crippen LogP contribution is 2.28. The van der Waals surface area contributed by atoms with Crippen molar-refractivity contribution in [1.82, 2.24) is 4.57 Å². The van der Waals surface area contributed by atoms with Crippen LogP contribution in [0.5, 0.6) is 0 Å². The minimum Gasteiger partial charge on any atom is -0.347 e. The molecule has 0 saturated carbocycles. The standard InChI is InChI=1S/C14H13NO2/c1-10-8-15(2)14(12(17)9-16)13(10)11-6-4-3-5-7-11/h3-9H,1-2H3. The molecule has 3 heteroatoms. The molecule has 86 valence electrons. The van der Waals surface area contributed by atoms with Crippen molar-refractivity contribution in [2.45, 2.75) is 6.92 Å². The van der Waals surface area contributed by atoms with Crippen LogP contribution in [0.15, 0.2) is 36.5 Å². The van der Waals surface area contributed by atoms with E-state index in [9.17, 15) is 9.59 Å². The van der Waals surface area contributed by atoms with E-state index >= 15 is 0 Å². The fourth-order valence-corrected chi connectivity index (χ4v) is 2.10. The van der Waals surface area contributed by atoms with E-state index in [1.54, 1.807) is 11.6 Å². The minimum atomic E-state index is -0.487. The molecule has 3 nitrogen and oxygen atoms in total. The van der Waals surface area contributed by atoms with E-state index in [0.717, 1.165) is 16.7 Å². The molecular formula is C14H13NO2. The molecular weight excluding hydrogens is 214 g/mol. The number of aromatic nitrogens is 1. The molecule has 2 rings (SSSR count). The quantitative estimate of drug-likeness (QED) is 0.459. The number of carbonyl (C=O) groups is 2. The third-order valence-corrected chi connectivity index (χ3v) is 2.77. The predicted molar refractivity (Wildman–Crippen MR) is 66.0 cm³/mol. The Hall–Kier alpha value is -2.16. The first kappa shape index (κ1) is 11.3. The van der Waals surface area contributed by atoms with Crippen molar-refractivity contribution >= 4 is 12.1 Å². The van der Waals surface area contributed by atoms with E-state index in [0.29, 0.717) is 12.0 Å². The highest BCUT2D eigenvalue weighted by Gasteiger charge is 2.18. The van der Waals surface area contributed by atoms with Crippen LogP contribution in [-0.2, 0) is 11.8 Å². The predicted octanol–water partition coefficient (Wildman–Crippen LogP) is 2.38. The van der Waals surface area contributed by atoms with Gasteiger partial charge < -0.3 is 4.57 Å². The lowest BCUT2D eigenvalue weighted by atomic mass is 10.0. The molecule has 0 fully saturated rings. The Morgan fingerprint density at radius 3 is 2.47 bits per heavy atom. The van der Waals surface area contributed by atoms with E-state index < -0.39 is 5.78 Å². The van der Waals surface area contributed by atoms with Crippen LogP contribution < -0.4 is 0 Å². The molecule has 0 bridgehead atoms. The minimum absolute atomic E-state index is 0.362. The van der Waals surface area contributed by atoms with Crippen molar-refractivity contribution in [3.05, 3.63) is 47.8 Å². The average Bonchev–Trinajstić information content (AvgIpc) is 2.64. The van der Waals surface area contributed by atoms with Gasteiger partial charge >= 0.3 is 0 Å². The Morgan fingerprint density at radius 1 is 1.24 bits per heavy atom. The molecule has 2 aromatic rings. The average molecular weight is 227 g/mol. The summed E-state index contributed by atoms with van der Waals surface area (Å²) in [6.45, 7) is 1.93. The highest BCUT2D eigenvalue weighted by molar-refractivity contribution is 6.34. The topological polar surface area (TPSA) is 39.1 Å². The van der Waals surface area contributed by atoms with Gasteiger partial charge in [0.15, 0.2) is 6.29 Å². The SMILES string of the molecule is Cc1cn(C)c(C(=O)C=O)c1-c1ccccc1. The van der Waals surface area contributed by atoms with E-state index in [1.165, 1.54) is 0 Å². The molecule has 1 aromatic heterocycles. The molecule has 17 heavy (non-hydrogen) atoms. The van der Waals surface area contributed by atoms with Gasteiger partial charge in [-0.1, -0.05) is 30.3 Å². The van der Waals surface area contributed by atoms with Crippen molar-refractivity contribution in [2.75, 3.05) is 0 Å². The molecule has 0 aliphatic rings. The zero-order valence-electron chi connectivity index (χ0n) is 9.81. The third-order valence-electron chi connectivity index (χ3n) is 2.77. The first-order chi connectivity index (χ1) is 8.15. The van der Waals surface area contributed by atoms with E-state index in [-0.39, 0.29) is 0 Å². The van der Waals surface area contributed by atoms with Gasteiger partial charge in [0.25, 0.3) is 0 Å². The lowest BCUT2D eigenvalue weighted by Crippen LogP contribution is -2.07. The summed E-state index contributed by atoms with van der Waals surface area (Å²) < 4.78 is 1.70. The van der Waals surface area contributed by atoms with E-state index in [1.807, 2.05) is 43.5 Å².